The molecule has 0 bridgehead atoms. The van der Waals surface area contributed by atoms with Crippen LogP contribution in [0.15, 0.2) is 4.91 Å². The van der Waals surface area contributed by atoms with Crippen molar-refractivity contribution < 1.29 is 9.90 Å². The molecule has 8 heteroatoms. The average Bonchev–Trinajstić information content (AvgIpc) is 2.78. The molecule has 0 unspecified atom stereocenters. The van der Waals surface area contributed by atoms with Crippen LogP contribution in [0.3, 0.4) is 0 Å². The first kappa shape index (κ1) is 14.7. The lowest BCUT2D eigenvalue weighted by Gasteiger charge is -2.11. The lowest BCUT2D eigenvalue weighted by Crippen LogP contribution is -2.27. The van der Waals surface area contributed by atoms with Gasteiger partial charge in [-0.25, -0.2) is 0 Å². The lowest BCUT2D eigenvalue weighted by molar-refractivity contribution is -0.279. The Morgan fingerprint density at radius 1 is 1.32 bits per heavy atom. The van der Waals surface area contributed by atoms with E-state index in [9.17, 15) is 9.90 Å². The molecule has 1 aliphatic heterocycles. The van der Waals surface area contributed by atoms with Crippen molar-refractivity contribution in [3.63, 3.8) is 0 Å². The molecule has 0 saturated carbocycles. The molecule has 102 valence electrons. The Morgan fingerprint density at radius 2 is 2.00 bits per heavy atom. The van der Waals surface area contributed by atoms with Crippen molar-refractivity contribution in [3.05, 3.63) is 13.7 Å². The number of nitrogens with zero attached hydrogens (tertiary/aromatic N) is 2. The van der Waals surface area contributed by atoms with Gasteiger partial charge >= 0.3 is 0 Å². The zero-order valence-electron chi connectivity index (χ0n) is 10.3. The first-order valence-corrected chi connectivity index (χ1v) is 8.10. The second kappa shape index (κ2) is 5.74. The predicted octanol–water partition coefficient (Wildman–Crippen LogP) is 2.59. The monoisotopic (exact) mass is 331 g/mol. The minimum atomic E-state index is -0.140. The molecule has 0 spiro atoms. The largest absolute Gasteiger partial charge is 0.859 e. The smallest absolute Gasteiger partial charge is 0.266 e. The van der Waals surface area contributed by atoms with E-state index in [1.807, 2.05) is 13.8 Å². The second-order valence-electron chi connectivity index (χ2n) is 3.71. The Labute approximate surface area is 129 Å². The Morgan fingerprint density at radius 3 is 2.47 bits per heavy atom. The highest BCUT2D eigenvalue weighted by molar-refractivity contribution is 8.26. The van der Waals surface area contributed by atoms with Gasteiger partial charge in [0, 0.05) is 18.0 Å². The molecule has 0 radical (unpaired) electrons. The van der Waals surface area contributed by atoms with Crippen molar-refractivity contribution in [1.29, 1.82) is 0 Å². The van der Waals surface area contributed by atoms with Crippen molar-refractivity contribution in [2.75, 3.05) is 6.54 Å². The van der Waals surface area contributed by atoms with Gasteiger partial charge in [0.15, 0.2) is 3.95 Å². The number of amides is 1. The molecule has 1 aromatic rings. The fourth-order valence-corrected chi connectivity index (χ4v) is 4.47. The molecule has 0 aliphatic carbocycles. The standard InChI is InChI=1S/C11H12N2O2S4/c1-3-12-8(14)6(18-10(12)16)5-7-9(15)13(4-2)11(17)19-7/h5,14H,3-4H2,1-2H3/p-1/b7-5-. The SMILES string of the molecule is CCN1C(=O)/C(=C/c2sc(=S)n(CC)c2[O-])SC1=S. The Bertz CT molecular complexity index is 629. The van der Waals surface area contributed by atoms with Gasteiger partial charge in [-0.15, -0.1) is 11.3 Å². The van der Waals surface area contributed by atoms with E-state index in [1.165, 1.54) is 32.6 Å². The number of hydrogen-bond donors (Lipinski definition) is 0. The molecule has 1 aromatic heterocycles. The zero-order valence-corrected chi connectivity index (χ0v) is 13.6. The van der Waals surface area contributed by atoms with Gasteiger partial charge in [0.1, 0.15) is 4.32 Å². The number of likely N-dealkylation sites (N-methyl/N-ethyl adjacent to an activating group) is 1. The first-order chi connectivity index (χ1) is 8.99. The van der Waals surface area contributed by atoms with Gasteiger partial charge in [0.25, 0.3) is 5.91 Å². The Kier molecular flexibility index (Phi) is 4.44. The van der Waals surface area contributed by atoms with Gasteiger partial charge in [-0.05, 0) is 38.0 Å². The molecule has 0 atom stereocenters. The van der Waals surface area contributed by atoms with Crippen molar-refractivity contribution in [3.8, 4) is 5.88 Å². The lowest BCUT2D eigenvalue weighted by atomic mass is 10.4. The molecule has 2 rings (SSSR count). The van der Waals surface area contributed by atoms with E-state index in [-0.39, 0.29) is 11.8 Å². The number of carbonyl (C=O) groups is 1. The molecule has 1 amide bonds. The van der Waals surface area contributed by atoms with Crippen LogP contribution in [0.1, 0.15) is 18.7 Å². The maximum Gasteiger partial charge on any atom is 0.266 e. The zero-order chi connectivity index (χ0) is 14.2. The normalized spacial score (nSPS) is 17.8. The molecule has 1 aliphatic rings. The first-order valence-electron chi connectivity index (χ1n) is 5.65. The summed E-state index contributed by atoms with van der Waals surface area (Å²) in [5, 5.41) is 12.0. The molecule has 1 fully saturated rings. The Hall–Kier alpha value is -0.700. The number of aromatic nitrogens is 1. The summed E-state index contributed by atoms with van der Waals surface area (Å²) in [6.07, 6.45) is 1.60. The van der Waals surface area contributed by atoms with Gasteiger partial charge < -0.3 is 9.67 Å². The van der Waals surface area contributed by atoms with Gasteiger partial charge in [0.05, 0.1) is 4.91 Å². The van der Waals surface area contributed by atoms with E-state index >= 15 is 0 Å². The fraction of sp³-hybridized carbons (Fsp3) is 0.364. The summed E-state index contributed by atoms with van der Waals surface area (Å²) in [5.41, 5.74) is 0. The maximum atomic E-state index is 12.0. The van der Waals surface area contributed by atoms with Crippen molar-refractivity contribution in [2.45, 2.75) is 20.4 Å². The van der Waals surface area contributed by atoms with E-state index in [1.54, 1.807) is 6.08 Å². The van der Waals surface area contributed by atoms with Crippen LogP contribution < -0.4 is 5.11 Å². The molecule has 2 heterocycles. The van der Waals surface area contributed by atoms with Gasteiger partial charge in [-0.2, -0.15) is 0 Å². The Balaban J connectivity index is 2.41. The summed E-state index contributed by atoms with van der Waals surface area (Å²) < 4.78 is 2.58. The summed E-state index contributed by atoms with van der Waals surface area (Å²) in [7, 11) is 0. The summed E-state index contributed by atoms with van der Waals surface area (Å²) in [4.78, 5) is 14.5. The molecular formula is C11H11N2O2S4-. The minimum Gasteiger partial charge on any atom is -0.859 e. The van der Waals surface area contributed by atoms with E-state index in [0.29, 0.717) is 31.1 Å². The molecule has 4 nitrogen and oxygen atoms in total. The van der Waals surface area contributed by atoms with Crippen molar-refractivity contribution in [1.82, 2.24) is 9.47 Å². The van der Waals surface area contributed by atoms with E-state index in [0.717, 1.165) is 0 Å². The van der Waals surface area contributed by atoms with Crippen LogP contribution in [-0.2, 0) is 11.3 Å². The number of thiazole rings is 1. The highest BCUT2D eigenvalue weighted by atomic mass is 32.2. The third kappa shape index (κ3) is 2.62. The van der Waals surface area contributed by atoms with Crippen LogP contribution in [0.5, 0.6) is 5.88 Å². The summed E-state index contributed by atoms with van der Waals surface area (Å²) in [6, 6.07) is 0. The van der Waals surface area contributed by atoms with Gasteiger partial charge in [-0.1, -0.05) is 24.0 Å². The third-order valence-electron chi connectivity index (χ3n) is 2.64. The predicted molar refractivity (Wildman–Crippen MR) is 83.8 cm³/mol. The molecule has 0 N–H and O–H groups in total. The number of carbonyl (C=O) groups excluding carboxylic acids is 1. The van der Waals surface area contributed by atoms with E-state index < -0.39 is 0 Å². The van der Waals surface area contributed by atoms with Crippen LogP contribution in [-0.4, -0.2) is 26.2 Å². The second-order valence-corrected chi connectivity index (χ2v) is 7.06. The minimum absolute atomic E-state index is 0.140. The molecule has 19 heavy (non-hydrogen) atoms. The van der Waals surface area contributed by atoms with Gasteiger partial charge in [-0.3, -0.25) is 9.69 Å². The molecular weight excluding hydrogens is 320 g/mol. The molecule has 1 saturated heterocycles. The molecule has 0 aromatic carbocycles. The average molecular weight is 331 g/mol. The van der Waals surface area contributed by atoms with Crippen LogP contribution in [0, 0.1) is 3.95 Å². The van der Waals surface area contributed by atoms with Crippen molar-refractivity contribution >= 4 is 63.8 Å². The summed E-state index contributed by atoms with van der Waals surface area (Å²) >= 11 is 12.7. The summed E-state index contributed by atoms with van der Waals surface area (Å²) in [5.74, 6) is -0.279. The van der Waals surface area contributed by atoms with Crippen LogP contribution in [0.25, 0.3) is 6.08 Å². The number of thiocarbonyl (C=S) groups is 1. The third-order valence-corrected chi connectivity index (χ3v) is 5.40. The van der Waals surface area contributed by atoms with E-state index in [4.69, 9.17) is 24.4 Å². The van der Waals surface area contributed by atoms with Crippen LogP contribution >= 0.6 is 47.5 Å². The van der Waals surface area contributed by atoms with E-state index in [2.05, 4.69) is 0 Å². The number of rotatable bonds is 3. The highest BCUT2D eigenvalue weighted by Crippen LogP contribution is 2.35. The number of thioether (sulfide) groups is 1. The van der Waals surface area contributed by atoms with Crippen LogP contribution in [0.2, 0.25) is 0 Å². The van der Waals surface area contributed by atoms with Gasteiger partial charge in [0.2, 0.25) is 0 Å². The summed E-state index contributed by atoms with van der Waals surface area (Å²) in [6.45, 7) is 4.81. The quantitative estimate of drug-likeness (QED) is 0.629. The topological polar surface area (TPSA) is 48.3 Å². The van der Waals surface area contributed by atoms with Crippen molar-refractivity contribution in [2.24, 2.45) is 0 Å². The number of hydrogen-bond acceptors (Lipinski definition) is 6. The fourth-order valence-electron chi connectivity index (χ4n) is 1.66. The highest BCUT2D eigenvalue weighted by Gasteiger charge is 2.30. The van der Waals surface area contributed by atoms with Crippen LogP contribution in [0.4, 0.5) is 0 Å². The maximum absolute atomic E-state index is 12.0.